The number of ether oxygens (including phenoxy) is 2. The average Bonchev–Trinajstić information content (AvgIpc) is 3.14. The summed E-state index contributed by atoms with van der Waals surface area (Å²) in [6, 6.07) is 0.0977. The summed E-state index contributed by atoms with van der Waals surface area (Å²) in [6.45, 7) is 9.22. The summed E-state index contributed by atoms with van der Waals surface area (Å²) in [5, 5.41) is 7.74. The summed E-state index contributed by atoms with van der Waals surface area (Å²) in [4.78, 5) is 21.2. The van der Waals surface area contributed by atoms with Gasteiger partial charge in [-0.15, -0.1) is 0 Å². The third-order valence-corrected chi connectivity index (χ3v) is 5.43. The minimum atomic E-state index is -0.488. The number of aliphatic imine (C=N–C) groups is 1. The molecule has 0 spiro atoms. The van der Waals surface area contributed by atoms with Gasteiger partial charge in [-0.25, -0.2) is 4.79 Å². The number of piperidine rings is 1. The molecule has 0 radical (unpaired) electrons. The molecule has 1 N–H and O–H groups in total. The second kappa shape index (κ2) is 9.68. The van der Waals surface area contributed by atoms with Gasteiger partial charge in [-0.05, 0) is 40.0 Å². The highest BCUT2D eigenvalue weighted by molar-refractivity contribution is 5.80. The van der Waals surface area contributed by atoms with Gasteiger partial charge in [0.25, 0.3) is 0 Å². The maximum absolute atomic E-state index is 12.7. The van der Waals surface area contributed by atoms with Gasteiger partial charge in [0.2, 0.25) is 0 Å². The number of guanidine groups is 1. The van der Waals surface area contributed by atoms with Crippen LogP contribution in [-0.2, 0) is 16.5 Å². The summed E-state index contributed by atoms with van der Waals surface area (Å²) < 4.78 is 13.4. The van der Waals surface area contributed by atoms with Crippen molar-refractivity contribution in [2.45, 2.75) is 57.8 Å². The second-order valence-electron chi connectivity index (χ2n) is 9.00. The molecule has 0 bridgehead atoms. The lowest BCUT2D eigenvalue weighted by Gasteiger charge is -2.38. The number of rotatable bonds is 3. The predicted molar refractivity (Wildman–Crippen MR) is 115 cm³/mol. The van der Waals surface area contributed by atoms with Crippen molar-refractivity contribution in [1.29, 1.82) is 0 Å². The Labute approximate surface area is 179 Å². The monoisotopic (exact) mass is 420 g/mol. The standard InChI is InChI=1S/C21H36N6O3/c1-21(2,3)30-20(28)27-9-7-6-8-17(27)13-23-19(22-4)26-10-11-29-18(15-26)16-12-24-25(5)14-16/h12,14,17-18H,6-11,13,15H2,1-5H3,(H,22,23). The maximum Gasteiger partial charge on any atom is 0.410 e. The van der Waals surface area contributed by atoms with Crippen LogP contribution in [0, 0.1) is 0 Å². The van der Waals surface area contributed by atoms with Crippen molar-refractivity contribution in [1.82, 2.24) is 24.9 Å². The first-order valence-electron chi connectivity index (χ1n) is 10.8. The molecule has 2 fully saturated rings. The maximum atomic E-state index is 12.7. The minimum absolute atomic E-state index is 0.0288. The molecule has 3 heterocycles. The first-order chi connectivity index (χ1) is 14.3. The van der Waals surface area contributed by atoms with Crippen LogP contribution in [0.4, 0.5) is 4.79 Å². The van der Waals surface area contributed by atoms with Gasteiger partial charge in [-0.1, -0.05) is 0 Å². The highest BCUT2D eigenvalue weighted by Crippen LogP contribution is 2.22. The molecule has 168 valence electrons. The van der Waals surface area contributed by atoms with E-state index in [2.05, 4.69) is 20.3 Å². The number of amides is 1. The van der Waals surface area contributed by atoms with E-state index in [1.165, 1.54) is 0 Å². The molecule has 2 aliphatic rings. The molecule has 0 saturated carbocycles. The molecular weight excluding hydrogens is 384 g/mol. The van der Waals surface area contributed by atoms with E-state index in [0.717, 1.165) is 43.9 Å². The van der Waals surface area contributed by atoms with Gasteiger partial charge in [0.05, 0.1) is 25.4 Å². The fourth-order valence-corrected chi connectivity index (χ4v) is 3.96. The zero-order valence-electron chi connectivity index (χ0n) is 18.9. The molecule has 2 atom stereocenters. The van der Waals surface area contributed by atoms with Crippen LogP contribution >= 0.6 is 0 Å². The molecule has 2 unspecified atom stereocenters. The number of nitrogens with one attached hydrogen (secondary N) is 1. The van der Waals surface area contributed by atoms with Crippen LogP contribution < -0.4 is 5.32 Å². The molecule has 30 heavy (non-hydrogen) atoms. The smallest absolute Gasteiger partial charge is 0.410 e. The fourth-order valence-electron chi connectivity index (χ4n) is 3.96. The van der Waals surface area contributed by atoms with Crippen molar-refractivity contribution in [2.75, 3.05) is 39.8 Å². The van der Waals surface area contributed by atoms with Crippen LogP contribution in [0.15, 0.2) is 17.4 Å². The second-order valence-corrected chi connectivity index (χ2v) is 9.00. The number of likely N-dealkylation sites (tertiary alicyclic amines) is 1. The third kappa shape index (κ3) is 5.87. The summed E-state index contributed by atoms with van der Waals surface area (Å²) in [5.41, 5.74) is 0.582. The highest BCUT2D eigenvalue weighted by Gasteiger charge is 2.31. The van der Waals surface area contributed by atoms with E-state index in [1.807, 2.05) is 45.1 Å². The summed E-state index contributed by atoms with van der Waals surface area (Å²) in [5.74, 6) is 0.835. The molecular formula is C21H36N6O3. The summed E-state index contributed by atoms with van der Waals surface area (Å²) in [6.07, 6.45) is 6.68. The molecule has 1 aromatic rings. The van der Waals surface area contributed by atoms with Gasteiger partial charge in [0.15, 0.2) is 5.96 Å². The normalized spacial score (nSPS) is 23.4. The summed E-state index contributed by atoms with van der Waals surface area (Å²) in [7, 11) is 3.70. The van der Waals surface area contributed by atoms with E-state index in [0.29, 0.717) is 19.7 Å². The Morgan fingerprint density at radius 1 is 1.37 bits per heavy atom. The van der Waals surface area contributed by atoms with E-state index in [9.17, 15) is 4.79 Å². The largest absolute Gasteiger partial charge is 0.444 e. The third-order valence-electron chi connectivity index (χ3n) is 5.43. The number of hydrogen-bond acceptors (Lipinski definition) is 5. The Morgan fingerprint density at radius 3 is 2.83 bits per heavy atom. The van der Waals surface area contributed by atoms with Crippen LogP contribution in [0.3, 0.4) is 0 Å². The van der Waals surface area contributed by atoms with Crippen LogP contribution in [0.5, 0.6) is 0 Å². The number of nitrogens with zero attached hydrogens (tertiary/aromatic N) is 5. The molecule has 9 nitrogen and oxygen atoms in total. The Bertz CT molecular complexity index is 741. The van der Waals surface area contributed by atoms with Crippen molar-refractivity contribution < 1.29 is 14.3 Å². The van der Waals surface area contributed by atoms with Gasteiger partial charge in [-0.2, -0.15) is 5.10 Å². The van der Waals surface area contributed by atoms with Crippen LogP contribution in [0.1, 0.15) is 51.7 Å². The Kier molecular flexibility index (Phi) is 7.23. The van der Waals surface area contributed by atoms with Gasteiger partial charge in [0.1, 0.15) is 11.7 Å². The number of carbonyl (C=O) groups excluding carboxylic acids is 1. The summed E-state index contributed by atoms with van der Waals surface area (Å²) >= 11 is 0. The number of morpholine rings is 1. The van der Waals surface area contributed by atoms with E-state index in [4.69, 9.17) is 9.47 Å². The quantitative estimate of drug-likeness (QED) is 0.596. The van der Waals surface area contributed by atoms with E-state index in [1.54, 1.807) is 11.7 Å². The van der Waals surface area contributed by atoms with E-state index in [-0.39, 0.29) is 18.2 Å². The van der Waals surface area contributed by atoms with Crippen molar-refractivity contribution in [3.63, 3.8) is 0 Å². The zero-order valence-corrected chi connectivity index (χ0v) is 18.9. The number of carbonyl (C=O) groups is 1. The fraction of sp³-hybridized carbons (Fsp3) is 0.762. The van der Waals surface area contributed by atoms with E-state index < -0.39 is 5.60 Å². The van der Waals surface area contributed by atoms with Gasteiger partial charge >= 0.3 is 6.09 Å². The van der Waals surface area contributed by atoms with Gasteiger partial charge < -0.3 is 24.6 Å². The zero-order chi connectivity index (χ0) is 21.7. The Balaban J connectivity index is 1.59. The molecule has 0 aromatic carbocycles. The predicted octanol–water partition coefficient (Wildman–Crippen LogP) is 2.16. The lowest BCUT2D eigenvalue weighted by Crippen LogP contribution is -2.54. The highest BCUT2D eigenvalue weighted by atomic mass is 16.6. The molecule has 2 saturated heterocycles. The Morgan fingerprint density at radius 2 is 2.17 bits per heavy atom. The molecule has 2 aliphatic heterocycles. The topological polar surface area (TPSA) is 84.2 Å². The van der Waals surface area contributed by atoms with Crippen LogP contribution in [0.2, 0.25) is 0 Å². The lowest BCUT2D eigenvalue weighted by molar-refractivity contribution is -0.00838. The molecule has 9 heteroatoms. The average molecular weight is 421 g/mol. The Hall–Kier alpha value is -2.29. The van der Waals surface area contributed by atoms with E-state index >= 15 is 0 Å². The first kappa shape index (κ1) is 22.4. The minimum Gasteiger partial charge on any atom is -0.444 e. The number of aromatic nitrogens is 2. The van der Waals surface area contributed by atoms with Crippen LogP contribution in [-0.4, -0.2) is 83.1 Å². The van der Waals surface area contributed by atoms with Crippen molar-refractivity contribution in [2.24, 2.45) is 12.0 Å². The van der Waals surface area contributed by atoms with Crippen LogP contribution in [0.25, 0.3) is 0 Å². The van der Waals surface area contributed by atoms with Crippen molar-refractivity contribution in [3.05, 3.63) is 18.0 Å². The SMILES string of the molecule is CN=C(NCC1CCCCN1C(=O)OC(C)(C)C)N1CCOC(c2cnn(C)c2)C1. The van der Waals surface area contributed by atoms with Gasteiger partial charge in [0, 0.05) is 45.5 Å². The molecule has 1 amide bonds. The first-order valence-corrected chi connectivity index (χ1v) is 10.8. The van der Waals surface area contributed by atoms with Gasteiger partial charge in [-0.3, -0.25) is 9.67 Å². The van der Waals surface area contributed by atoms with Crippen molar-refractivity contribution >= 4 is 12.1 Å². The molecule has 3 rings (SSSR count). The molecule has 0 aliphatic carbocycles. The van der Waals surface area contributed by atoms with Crippen molar-refractivity contribution in [3.8, 4) is 0 Å². The molecule has 1 aromatic heterocycles. The lowest BCUT2D eigenvalue weighted by atomic mass is 10.0. The number of aryl methyl sites for hydroxylation is 1. The number of hydrogen-bond donors (Lipinski definition) is 1.